The van der Waals surface area contributed by atoms with E-state index < -0.39 is 29.1 Å². The number of fused-ring (bicyclic) bond motifs is 1. The fourth-order valence-electron chi connectivity index (χ4n) is 3.94. The number of aromatic carboxylic acids is 1. The van der Waals surface area contributed by atoms with Gasteiger partial charge in [0.25, 0.3) is 0 Å². The number of hydrogen-bond acceptors (Lipinski definition) is 2. The zero-order valence-corrected chi connectivity index (χ0v) is 18.0. The maximum absolute atomic E-state index is 13.6. The van der Waals surface area contributed by atoms with Crippen LogP contribution >= 0.6 is 11.6 Å². The molecule has 0 unspecified atom stereocenters. The van der Waals surface area contributed by atoms with Gasteiger partial charge in [-0.15, -0.1) is 0 Å². The third-order valence-electron chi connectivity index (χ3n) is 5.48. The molecule has 4 rings (SSSR count). The van der Waals surface area contributed by atoms with Crippen LogP contribution in [0.25, 0.3) is 16.6 Å². The highest BCUT2D eigenvalue weighted by molar-refractivity contribution is 6.35. The number of carbonyl (C=O) groups is 2. The number of alkyl halides is 3. The van der Waals surface area contributed by atoms with Gasteiger partial charge in [0.05, 0.1) is 32.9 Å². The van der Waals surface area contributed by atoms with Crippen molar-refractivity contribution in [2.75, 3.05) is 0 Å². The van der Waals surface area contributed by atoms with E-state index >= 15 is 0 Å². The fourth-order valence-corrected chi connectivity index (χ4v) is 4.20. The second-order valence-corrected chi connectivity index (χ2v) is 7.83. The molecule has 0 atom stereocenters. The summed E-state index contributed by atoms with van der Waals surface area (Å²) in [4.78, 5) is 24.9. The number of pyridine rings is 1. The van der Waals surface area contributed by atoms with Crippen molar-refractivity contribution in [3.05, 3.63) is 99.8 Å². The lowest BCUT2D eigenvalue weighted by Gasteiger charge is -2.13. The highest BCUT2D eigenvalue weighted by Crippen LogP contribution is 2.37. The van der Waals surface area contributed by atoms with Crippen molar-refractivity contribution in [3.8, 4) is 11.1 Å². The van der Waals surface area contributed by atoms with Gasteiger partial charge in [0.15, 0.2) is 0 Å². The first kappa shape index (κ1) is 22.6. The normalized spacial score (nSPS) is 11.7. The molecule has 1 N–H and O–H groups in total. The number of rotatable bonds is 5. The molecule has 168 valence electrons. The topological polar surface area (TPSA) is 58.8 Å². The lowest BCUT2D eigenvalue weighted by Crippen LogP contribution is -2.15. The van der Waals surface area contributed by atoms with Crippen molar-refractivity contribution in [2.24, 2.45) is 0 Å². The Balaban J connectivity index is 1.94. The summed E-state index contributed by atoms with van der Waals surface area (Å²) in [6.45, 7) is 1.83. The lowest BCUT2D eigenvalue weighted by molar-refractivity contribution is -0.137. The van der Waals surface area contributed by atoms with Crippen LogP contribution in [0.5, 0.6) is 0 Å². The molecule has 33 heavy (non-hydrogen) atoms. The van der Waals surface area contributed by atoms with E-state index in [4.69, 9.17) is 11.6 Å². The second kappa shape index (κ2) is 8.41. The van der Waals surface area contributed by atoms with E-state index in [1.54, 1.807) is 36.5 Å². The van der Waals surface area contributed by atoms with E-state index in [9.17, 15) is 27.9 Å². The zero-order valence-electron chi connectivity index (χ0n) is 17.3. The van der Waals surface area contributed by atoms with E-state index in [2.05, 4.69) is 0 Å². The zero-order chi connectivity index (χ0) is 23.9. The number of carboxylic acids is 1. The van der Waals surface area contributed by atoms with Gasteiger partial charge >= 0.3 is 12.1 Å². The van der Waals surface area contributed by atoms with Crippen LogP contribution in [-0.2, 0) is 12.6 Å². The van der Waals surface area contributed by atoms with E-state index in [0.29, 0.717) is 28.6 Å². The summed E-state index contributed by atoms with van der Waals surface area (Å²) in [6, 6.07) is 14.7. The number of hydrogen-bond donors (Lipinski definition) is 1. The molecule has 0 bridgehead atoms. The first-order chi connectivity index (χ1) is 15.6. The predicted octanol–water partition coefficient (Wildman–Crippen LogP) is 6.77. The minimum atomic E-state index is -4.76. The maximum Gasteiger partial charge on any atom is 0.417 e. The number of carbonyl (C=O) groups excluding carboxylic acids is 1. The standard InChI is InChI=1S/C25H17ClF3NO3/c1-2-14-12-15(9-10-16(14)24(32)33)17-13-21(30-11-4-3-8-20(17)30)23(31)22-18(25(27,28)29)6-5-7-19(22)26/h3-13H,2H2,1H3,(H,32,33). The van der Waals surface area contributed by atoms with Gasteiger partial charge in [-0.1, -0.05) is 42.8 Å². The Morgan fingerprint density at radius 1 is 1.03 bits per heavy atom. The molecule has 2 aromatic heterocycles. The minimum Gasteiger partial charge on any atom is -0.478 e. The highest BCUT2D eigenvalue weighted by atomic mass is 35.5. The Bertz CT molecular complexity index is 1410. The van der Waals surface area contributed by atoms with Crippen molar-refractivity contribution in [1.82, 2.24) is 4.40 Å². The quantitative estimate of drug-likeness (QED) is 0.327. The minimum absolute atomic E-state index is 0.0135. The number of benzene rings is 2. The molecular formula is C25H17ClF3NO3. The van der Waals surface area contributed by atoms with Crippen LogP contribution in [0.3, 0.4) is 0 Å². The van der Waals surface area contributed by atoms with Crippen LogP contribution < -0.4 is 0 Å². The molecule has 0 saturated carbocycles. The van der Waals surface area contributed by atoms with Crippen molar-refractivity contribution in [3.63, 3.8) is 0 Å². The monoisotopic (exact) mass is 471 g/mol. The van der Waals surface area contributed by atoms with Crippen molar-refractivity contribution in [2.45, 2.75) is 19.5 Å². The number of aryl methyl sites for hydroxylation is 1. The number of ketones is 1. The van der Waals surface area contributed by atoms with E-state index in [-0.39, 0.29) is 16.3 Å². The van der Waals surface area contributed by atoms with Gasteiger partial charge in [-0.25, -0.2) is 4.79 Å². The van der Waals surface area contributed by atoms with Gasteiger partial charge < -0.3 is 9.51 Å². The number of halogens is 4. The van der Waals surface area contributed by atoms with Crippen LogP contribution in [0.2, 0.25) is 5.02 Å². The van der Waals surface area contributed by atoms with Crippen molar-refractivity contribution in [1.29, 1.82) is 0 Å². The van der Waals surface area contributed by atoms with E-state index in [1.165, 1.54) is 22.6 Å². The molecule has 0 fully saturated rings. The van der Waals surface area contributed by atoms with E-state index in [0.717, 1.165) is 12.1 Å². The third kappa shape index (κ3) is 4.00. The van der Waals surface area contributed by atoms with Crippen LogP contribution in [-0.4, -0.2) is 21.3 Å². The Morgan fingerprint density at radius 3 is 2.45 bits per heavy atom. The molecule has 4 aromatic rings. The summed E-state index contributed by atoms with van der Waals surface area (Å²) in [6.07, 6.45) is -2.70. The molecule has 0 spiro atoms. The first-order valence-corrected chi connectivity index (χ1v) is 10.4. The molecule has 4 nitrogen and oxygen atoms in total. The fraction of sp³-hybridized carbons (Fsp3) is 0.120. The Hall–Kier alpha value is -3.58. The average molecular weight is 472 g/mol. The second-order valence-electron chi connectivity index (χ2n) is 7.42. The molecule has 0 aliphatic carbocycles. The molecule has 0 amide bonds. The summed E-state index contributed by atoms with van der Waals surface area (Å²) < 4.78 is 42.3. The highest BCUT2D eigenvalue weighted by Gasteiger charge is 2.37. The summed E-state index contributed by atoms with van der Waals surface area (Å²) in [5.74, 6) is -1.91. The number of aromatic nitrogens is 1. The van der Waals surface area contributed by atoms with Gasteiger partial charge in [-0.3, -0.25) is 4.79 Å². The Kier molecular flexibility index (Phi) is 5.76. The van der Waals surface area contributed by atoms with Gasteiger partial charge in [-0.05, 0) is 53.9 Å². The Labute approximate surface area is 191 Å². The molecule has 2 heterocycles. The van der Waals surface area contributed by atoms with E-state index in [1.807, 2.05) is 6.92 Å². The predicted molar refractivity (Wildman–Crippen MR) is 119 cm³/mol. The van der Waals surface area contributed by atoms with Crippen LogP contribution in [0.1, 0.15) is 44.5 Å². The molecule has 8 heteroatoms. The molecule has 0 saturated heterocycles. The van der Waals surface area contributed by atoms with Crippen molar-refractivity contribution >= 4 is 28.9 Å². The van der Waals surface area contributed by atoms with Gasteiger partial charge in [-0.2, -0.15) is 13.2 Å². The largest absolute Gasteiger partial charge is 0.478 e. The number of carboxylic acid groups (broad SMARTS) is 1. The molecular weight excluding hydrogens is 455 g/mol. The molecule has 0 radical (unpaired) electrons. The summed E-state index contributed by atoms with van der Waals surface area (Å²) in [5, 5.41) is 9.11. The lowest BCUT2D eigenvalue weighted by atomic mass is 9.97. The molecule has 2 aromatic carbocycles. The van der Waals surface area contributed by atoms with Gasteiger partial charge in [0, 0.05) is 11.8 Å². The molecule has 0 aliphatic heterocycles. The van der Waals surface area contributed by atoms with Gasteiger partial charge in [0.2, 0.25) is 5.78 Å². The van der Waals surface area contributed by atoms with Crippen LogP contribution in [0.4, 0.5) is 13.2 Å². The summed E-state index contributed by atoms with van der Waals surface area (Å²) >= 11 is 6.06. The summed E-state index contributed by atoms with van der Waals surface area (Å²) in [7, 11) is 0. The van der Waals surface area contributed by atoms with Crippen LogP contribution in [0.15, 0.2) is 66.9 Å². The Morgan fingerprint density at radius 2 is 1.79 bits per heavy atom. The summed E-state index contributed by atoms with van der Waals surface area (Å²) in [5.41, 5.74) is 0.899. The number of nitrogens with zero attached hydrogens (tertiary/aromatic N) is 1. The maximum atomic E-state index is 13.6. The smallest absolute Gasteiger partial charge is 0.417 e. The van der Waals surface area contributed by atoms with Crippen molar-refractivity contribution < 1.29 is 27.9 Å². The third-order valence-corrected chi connectivity index (χ3v) is 5.80. The molecule has 0 aliphatic rings. The first-order valence-electron chi connectivity index (χ1n) is 10.0. The average Bonchev–Trinajstić information content (AvgIpc) is 3.17. The van der Waals surface area contributed by atoms with Crippen LogP contribution in [0, 0.1) is 0 Å². The SMILES string of the molecule is CCc1cc(-c2cc(C(=O)c3c(Cl)cccc3C(F)(F)F)n3ccccc23)ccc1C(=O)O. The van der Waals surface area contributed by atoms with Gasteiger partial charge in [0.1, 0.15) is 0 Å².